The van der Waals surface area contributed by atoms with E-state index in [1.54, 1.807) is 6.07 Å². The summed E-state index contributed by atoms with van der Waals surface area (Å²) in [5.74, 6) is 0. The highest BCUT2D eigenvalue weighted by Gasteiger charge is 2.21. The molecule has 0 aliphatic carbocycles. The molecule has 0 atom stereocenters. The number of halogens is 1. The highest BCUT2D eigenvalue weighted by Crippen LogP contribution is 2.30. The first-order valence-electron chi connectivity index (χ1n) is 4.85. The number of nitrogens with zero attached hydrogens (tertiary/aromatic N) is 1. The van der Waals surface area contributed by atoms with E-state index in [0.29, 0.717) is 18.8 Å². The highest BCUT2D eigenvalue weighted by atomic mass is 35.5. The second-order valence-electron chi connectivity index (χ2n) is 3.40. The second-order valence-corrected chi connectivity index (χ2v) is 3.80. The van der Waals surface area contributed by atoms with Gasteiger partial charge in [0.25, 0.3) is 5.69 Å². The van der Waals surface area contributed by atoms with Crippen LogP contribution >= 0.6 is 11.6 Å². The molecule has 16 heavy (non-hydrogen) atoms. The lowest BCUT2D eigenvalue weighted by Gasteiger charge is -2.23. The van der Waals surface area contributed by atoms with E-state index in [9.17, 15) is 10.1 Å². The minimum Gasteiger partial charge on any atom is -0.348 e. The van der Waals surface area contributed by atoms with Gasteiger partial charge in [0.15, 0.2) is 6.29 Å². The first-order chi connectivity index (χ1) is 7.68. The molecule has 0 N–H and O–H groups in total. The van der Waals surface area contributed by atoms with Gasteiger partial charge in [-0.1, -0.05) is 17.7 Å². The van der Waals surface area contributed by atoms with Crippen LogP contribution in [0.2, 0.25) is 5.02 Å². The van der Waals surface area contributed by atoms with E-state index in [1.807, 2.05) is 0 Å². The number of nitro benzene ring substituents is 1. The molecule has 1 aromatic carbocycles. The predicted octanol–water partition coefficient (Wildman–Crippen LogP) is 2.68. The van der Waals surface area contributed by atoms with E-state index >= 15 is 0 Å². The summed E-state index contributed by atoms with van der Waals surface area (Å²) < 4.78 is 10.7. The van der Waals surface area contributed by atoms with Crippen molar-refractivity contribution in [2.24, 2.45) is 0 Å². The number of hydrogen-bond donors (Lipinski definition) is 0. The largest absolute Gasteiger partial charge is 0.348 e. The highest BCUT2D eigenvalue weighted by molar-refractivity contribution is 6.32. The fourth-order valence-corrected chi connectivity index (χ4v) is 1.68. The molecule has 0 unspecified atom stereocenters. The average Bonchev–Trinajstić information content (AvgIpc) is 2.30. The predicted molar refractivity (Wildman–Crippen MR) is 57.4 cm³/mol. The van der Waals surface area contributed by atoms with Gasteiger partial charge in [0, 0.05) is 11.6 Å². The third kappa shape index (κ3) is 2.32. The SMILES string of the molecule is O=[N+]([O-])c1cc(C2OCCCO2)ccc1Cl. The molecule has 0 spiro atoms. The van der Waals surface area contributed by atoms with Gasteiger partial charge in [-0.15, -0.1) is 0 Å². The Labute approximate surface area is 97.1 Å². The summed E-state index contributed by atoms with van der Waals surface area (Å²) in [7, 11) is 0. The van der Waals surface area contributed by atoms with E-state index in [0.717, 1.165) is 6.42 Å². The molecule has 1 fully saturated rings. The lowest BCUT2D eigenvalue weighted by Crippen LogP contribution is -2.17. The summed E-state index contributed by atoms with van der Waals surface area (Å²) in [6.45, 7) is 1.20. The Morgan fingerprint density at radius 3 is 2.69 bits per heavy atom. The quantitative estimate of drug-likeness (QED) is 0.592. The third-order valence-electron chi connectivity index (χ3n) is 2.27. The van der Waals surface area contributed by atoms with Gasteiger partial charge in [-0.3, -0.25) is 10.1 Å². The summed E-state index contributed by atoms with van der Waals surface area (Å²) in [5.41, 5.74) is 0.493. The van der Waals surface area contributed by atoms with E-state index < -0.39 is 11.2 Å². The Morgan fingerprint density at radius 1 is 1.38 bits per heavy atom. The molecular formula is C10H10ClNO4. The second kappa shape index (κ2) is 4.78. The molecule has 2 rings (SSSR count). The molecule has 1 aromatic rings. The van der Waals surface area contributed by atoms with Crippen LogP contribution < -0.4 is 0 Å². The monoisotopic (exact) mass is 243 g/mol. The van der Waals surface area contributed by atoms with Crippen molar-refractivity contribution in [2.45, 2.75) is 12.7 Å². The summed E-state index contributed by atoms with van der Waals surface area (Å²) in [6, 6.07) is 4.54. The van der Waals surface area contributed by atoms with E-state index in [2.05, 4.69) is 0 Å². The van der Waals surface area contributed by atoms with Crippen LogP contribution in [0.3, 0.4) is 0 Å². The van der Waals surface area contributed by atoms with Crippen molar-refractivity contribution in [3.8, 4) is 0 Å². The number of hydrogen-bond acceptors (Lipinski definition) is 4. The molecule has 1 aliphatic heterocycles. The van der Waals surface area contributed by atoms with Crippen LogP contribution in [0.4, 0.5) is 5.69 Å². The average molecular weight is 244 g/mol. The fourth-order valence-electron chi connectivity index (χ4n) is 1.50. The zero-order valence-corrected chi connectivity index (χ0v) is 9.14. The third-order valence-corrected chi connectivity index (χ3v) is 2.59. The summed E-state index contributed by atoms with van der Waals surface area (Å²) in [6.07, 6.45) is 0.316. The van der Waals surface area contributed by atoms with E-state index in [-0.39, 0.29) is 10.7 Å². The minimum absolute atomic E-state index is 0.115. The van der Waals surface area contributed by atoms with Crippen molar-refractivity contribution < 1.29 is 14.4 Å². The maximum absolute atomic E-state index is 10.7. The molecule has 0 amide bonds. The number of ether oxygens (including phenoxy) is 2. The van der Waals surface area contributed by atoms with Crippen LogP contribution in [-0.2, 0) is 9.47 Å². The summed E-state index contributed by atoms with van der Waals surface area (Å²) in [5, 5.41) is 10.8. The van der Waals surface area contributed by atoms with Crippen LogP contribution in [-0.4, -0.2) is 18.1 Å². The molecule has 5 nitrogen and oxygen atoms in total. The van der Waals surface area contributed by atoms with Crippen LogP contribution in [0.15, 0.2) is 18.2 Å². The van der Waals surface area contributed by atoms with Gasteiger partial charge >= 0.3 is 0 Å². The Bertz CT molecular complexity index is 404. The van der Waals surface area contributed by atoms with Crippen molar-refractivity contribution in [3.63, 3.8) is 0 Å². The maximum atomic E-state index is 10.7. The van der Waals surface area contributed by atoms with E-state index in [4.69, 9.17) is 21.1 Å². The first kappa shape index (κ1) is 11.3. The normalized spacial score (nSPS) is 17.3. The Balaban J connectivity index is 2.27. The molecule has 1 aliphatic rings. The van der Waals surface area contributed by atoms with Crippen molar-refractivity contribution in [3.05, 3.63) is 38.9 Å². The molecule has 1 heterocycles. The van der Waals surface area contributed by atoms with Gasteiger partial charge in [0.05, 0.1) is 18.1 Å². The van der Waals surface area contributed by atoms with Crippen LogP contribution in [0.1, 0.15) is 18.3 Å². The number of nitro groups is 1. The van der Waals surface area contributed by atoms with E-state index in [1.165, 1.54) is 12.1 Å². The number of rotatable bonds is 2. The fraction of sp³-hybridized carbons (Fsp3) is 0.400. The molecule has 0 saturated carbocycles. The lowest BCUT2D eigenvalue weighted by atomic mass is 10.2. The molecule has 0 bridgehead atoms. The molecule has 6 heteroatoms. The van der Waals surface area contributed by atoms with Gasteiger partial charge in [0.1, 0.15) is 5.02 Å². The Hall–Kier alpha value is -1.17. The molecular weight excluding hydrogens is 234 g/mol. The molecule has 0 radical (unpaired) electrons. The number of benzene rings is 1. The smallest absolute Gasteiger partial charge is 0.288 e. The molecule has 1 saturated heterocycles. The standard InChI is InChI=1S/C10H10ClNO4/c11-8-3-2-7(6-9(8)12(13)14)10-15-4-1-5-16-10/h2-3,6,10H,1,4-5H2. The van der Waals surface area contributed by atoms with Crippen LogP contribution in [0.25, 0.3) is 0 Å². The van der Waals surface area contributed by atoms with Crippen molar-refractivity contribution in [1.82, 2.24) is 0 Å². The van der Waals surface area contributed by atoms with Crippen LogP contribution in [0, 0.1) is 10.1 Å². The Morgan fingerprint density at radius 2 is 2.06 bits per heavy atom. The summed E-state index contributed by atoms with van der Waals surface area (Å²) >= 11 is 5.71. The lowest BCUT2D eigenvalue weighted by molar-refractivity contribution is -0.384. The minimum atomic E-state index is -0.523. The van der Waals surface area contributed by atoms with Gasteiger partial charge in [-0.05, 0) is 12.5 Å². The summed E-state index contributed by atoms with van der Waals surface area (Å²) in [4.78, 5) is 10.2. The molecule has 86 valence electrons. The van der Waals surface area contributed by atoms with Gasteiger partial charge in [0.2, 0.25) is 0 Å². The molecule has 0 aromatic heterocycles. The van der Waals surface area contributed by atoms with Crippen molar-refractivity contribution >= 4 is 17.3 Å². The topological polar surface area (TPSA) is 61.6 Å². The van der Waals surface area contributed by atoms with Crippen molar-refractivity contribution in [1.29, 1.82) is 0 Å². The van der Waals surface area contributed by atoms with Gasteiger partial charge in [-0.2, -0.15) is 0 Å². The van der Waals surface area contributed by atoms with Crippen molar-refractivity contribution in [2.75, 3.05) is 13.2 Å². The zero-order valence-electron chi connectivity index (χ0n) is 8.39. The first-order valence-corrected chi connectivity index (χ1v) is 5.23. The van der Waals surface area contributed by atoms with Gasteiger partial charge < -0.3 is 9.47 Å². The Kier molecular flexibility index (Phi) is 3.38. The maximum Gasteiger partial charge on any atom is 0.288 e. The van der Waals surface area contributed by atoms with Crippen LogP contribution in [0.5, 0.6) is 0 Å². The van der Waals surface area contributed by atoms with Gasteiger partial charge in [-0.25, -0.2) is 0 Å². The zero-order chi connectivity index (χ0) is 11.5.